The Morgan fingerprint density at radius 3 is 1.98 bits per heavy atom. The normalized spacial score (nSPS) is 19.3. The molecule has 12 nitrogen and oxygen atoms in total. The molecule has 3 saturated heterocycles. The molecule has 3 fully saturated rings. The van der Waals surface area contributed by atoms with E-state index in [2.05, 4.69) is 25.5 Å². The minimum absolute atomic E-state index is 0.0765. The minimum atomic E-state index is -2.88. The second-order valence-corrected chi connectivity index (χ2v) is 15.7. The monoisotopic (exact) mass is 723 g/mol. The zero-order valence-corrected chi connectivity index (χ0v) is 29.3. The summed E-state index contributed by atoms with van der Waals surface area (Å²) in [7, 11) is 0.222. The van der Waals surface area contributed by atoms with Gasteiger partial charge in [0.2, 0.25) is 17.7 Å². The molecule has 49 heavy (non-hydrogen) atoms. The van der Waals surface area contributed by atoms with Gasteiger partial charge in [0.1, 0.15) is 11.4 Å². The van der Waals surface area contributed by atoms with Crippen LogP contribution in [0.1, 0.15) is 24.2 Å². The van der Waals surface area contributed by atoms with Crippen LogP contribution in [0.4, 0.5) is 0 Å². The first-order valence-electron chi connectivity index (χ1n) is 15.9. The van der Waals surface area contributed by atoms with E-state index in [1.165, 1.54) is 0 Å². The molecular weight excluding hydrogens is 689 g/mol. The average Bonchev–Trinajstić information content (AvgIpc) is 3.48. The number of methoxy groups -OCH3 is 2. The van der Waals surface area contributed by atoms with Gasteiger partial charge in [0.15, 0.2) is 9.84 Å². The molecule has 7 rings (SSSR count). The fourth-order valence-corrected chi connectivity index (χ4v) is 9.78. The van der Waals surface area contributed by atoms with Gasteiger partial charge in [-0.1, -0.05) is 59.6 Å². The second kappa shape index (κ2) is 13.4. The lowest BCUT2D eigenvalue weighted by Gasteiger charge is -2.54. The average molecular weight is 725 g/mol. The van der Waals surface area contributed by atoms with E-state index in [1.54, 1.807) is 26.6 Å². The van der Waals surface area contributed by atoms with E-state index >= 15 is 0 Å². The van der Waals surface area contributed by atoms with E-state index in [-0.39, 0.29) is 28.9 Å². The van der Waals surface area contributed by atoms with Gasteiger partial charge in [0.25, 0.3) is 0 Å². The predicted molar refractivity (Wildman–Crippen MR) is 186 cm³/mol. The van der Waals surface area contributed by atoms with E-state index in [4.69, 9.17) is 42.6 Å². The Hall–Kier alpha value is -3.88. The van der Waals surface area contributed by atoms with E-state index in [0.717, 1.165) is 6.42 Å². The van der Waals surface area contributed by atoms with Gasteiger partial charge in [-0.15, -0.1) is 0 Å². The van der Waals surface area contributed by atoms with Gasteiger partial charge in [-0.05, 0) is 6.42 Å². The molecule has 256 valence electrons. The van der Waals surface area contributed by atoms with Crippen molar-refractivity contribution in [3.8, 4) is 45.4 Å². The van der Waals surface area contributed by atoms with Crippen molar-refractivity contribution in [1.29, 1.82) is 0 Å². The molecule has 4 aromatic rings. The summed E-state index contributed by atoms with van der Waals surface area (Å²) in [4.78, 5) is 32.4. The number of likely N-dealkylation sites (tertiary alicyclic amines) is 1. The number of halogens is 2. The Balaban J connectivity index is 1.09. The molecule has 0 aliphatic carbocycles. The summed E-state index contributed by atoms with van der Waals surface area (Å²) in [5.74, 6) is 1.36. The number of hydrogen-bond acceptors (Lipinski definition) is 11. The van der Waals surface area contributed by atoms with Crippen molar-refractivity contribution in [2.45, 2.75) is 32.0 Å². The maximum Gasteiger partial charge on any atom is 0.237 e. The molecule has 5 heterocycles. The summed E-state index contributed by atoms with van der Waals surface area (Å²) in [5, 5.41) is 7.17. The summed E-state index contributed by atoms with van der Waals surface area (Å²) in [5.41, 5.74) is 5.03. The summed E-state index contributed by atoms with van der Waals surface area (Å²) >= 11 is 14.1. The molecule has 3 aliphatic rings. The van der Waals surface area contributed by atoms with Gasteiger partial charge in [-0.2, -0.15) is 0 Å². The number of hydrogen-bond donors (Lipinski definition) is 2. The molecule has 0 bridgehead atoms. The molecule has 0 saturated carbocycles. The zero-order valence-electron chi connectivity index (χ0n) is 27.0. The van der Waals surface area contributed by atoms with Gasteiger partial charge < -0.3 is 20.1 Å². The van der Waals surface area contributed by atoms with E-state index < -0.39 is 9.84 Å². The Labute approximate surface area is 294 Å². The van der Waals surface area contributed by atoms with Crippen molar-refractivity contribution in [2.24, 2.45) is 5.41 Å². The zero-order chi connectivity index (χ0) is 34.3. The number of carbonyl (C=O) groups excluding carboxylic acids is 1. The standard InChI is InChI=1S/C34H35Cl2N7O5S/c1-47-32-27(12-37-11-20-9-10-29(44)40-20)38-13-25(41-32)23-7-3-5-21(30(23)35)22-6-4-8-24(31(22)36)26-14-39-28(33(42-26)48-2)15-43-16-34(17-43)18-49(45,46)19-34/h3-8,13-14,20,37H,9-12,15-19H2,1-2H3,(H,40,44)/t20-/m0/s1. The molecule has 1 atom stereocenters. The van der Waals surface area contributed by atoms with Gasteiger partial charge in [-0.3, -0.25) is 19.7 Å². The van der Waals surface area contributed by atoms with Gasteiger partial charge >= 0.3 is 0 Å². The number of nitrogens with zero attached hydrogens (tertiary/aromatic N) is 5. The van der Waals surface area contributed by atoms with Crippen LogP contribution in [0.2, 0.25) is 10.0 Å². The summed E-state index contributed by atoms with van der Waals surface area (Å²) < 4.78 is 34.5. The Morgan fingerprint density at radius 1 is 0.898 bits per heavy atom. The lowest BCUT2D eigenvalue weighted by Crippen LogP contribution is -2.67. The van der Waals surface area contributed by atoms with Crippen LogP contribution in [-0.4, -0.2) is 90.6 Å². The first kappa shape index (κ1) is 33.6. The Kier molecular flexibility index (Phi) is 9.22. The number of rotatable bonds is 11. The van der Waals surface area contributed by atoms with Gasteiger partial charge in [-0.25, -0.2) is 18.4 Å². The minimum Gasteiger partial charge on any atom is -0.480 e. The van der Waals surface area contributed by atoms with Gasteiger partial charge in [0.05, 0.1) is 59.6 Å². The molecule has 1 spiro atoms. The molecule has 2 aromatic heterocycles. The Morgan fingerprint density at radius 2 is 1.45 bits per heavy atom. The first-order chi connectivity index (χ1) is 23.6. The highest BCUT2D eigenvalue weighted by molar-refractivity contribution is 7.92. The van der Waals surface area contributed by atoms with Crippen LogP contribution >= 0.6 is 23.2 Å². The summed E-state index contributed by atoms with van der Waals surface area (Å²) in [6.45, 7) is 3.01. The fourth-order valence-electron chi connectivity index (χ4n) is 6.98. The third kappa shape index (κ3) is 6.82. The lowest BCUT2D eigenvalue weighted by atomic mass is 9.83. The Bertz CT molecular complexity index is 2030. The number of sulfone groups is 1. The van der Waals surface area contributed by atoms with Crippen LogP contribution in [-0.2, 0) is 27.7 Å². The molecule has 1 amide bonds. The number of nitrogens with one attached hydrogen (secondary N) is 2. The number of carbonyl (C=O) groups is 1. The van der Waals surface area contributed by atoms with Crippen molar-refractivity contribution < 1.29 is 22.7 Å². The van der Waals surface area contributed by atoms with Crippen molar-refractivity contribution >= 4 is 38.9 Å². The van der Waals surface area contributed by atoms with Crippen LogP contribution in [0.25, 0.3) is 33.6 Å². The van der Waals surface area contributed by atoms with E-state index in [0.29, 0.717) is 106 Å². The van der Waals surface area contributed by atoms with Crippen LogP contribution in [0.3, 0.4) is 0 Å². The molecule has 15 heteroatoms. The van der Waals surface area contributed by atoms with Crippen LogP contribution in [0.5, 0.6) is 11.8 Å². The van der Waals surface area contributed by atoms with E-state index in [1.807, 2.05) is 36.4 Å². The topological polar surface area (TPSA) is 149 Å². The molecule has 2 aromatic carbocycles. The molecule has 0 radical (unpaired) electrons. The number of benzene rings is 2. The molecule has 3 aliphatic heterocycles. The number of amides is 1. The fraction of sp³-hybridized carbons (Fsp3) is 0.382. The van der Waals surface area contributed by atoms with Crippen molar-refractivity contribution in [1.82, 2.24) is 35.5 Å². The highest BCUT2D eigenvalue weighted by Gasteiger charge is 2.55. The largest absolute Gasteiger partial charge is 0.480 e. The van der Waals surface area contributed by atoms with Crippen LogP contribution in [0.15, 0.2) is 48.8 Å². The molecule has 0 unspecified atom stereocenters. The van der Waals surface area contributed by atoms with Crippen molar-refractivity contribution in [2.75, 3.05) is 45.4 Å². The van der Waals surface area contributed by atoms with E-state index in [9.17, 15) is 13.2 Å². The second-order valence-electron chi connectivity index (χ2n) is 12.9. The lowest BCUT2D eigenvalue weighted by molar-refractivity contribution is -0.119. The maximum atomic E-state index is 11.7. The van der Waals surface area contributed by atoms with Crippen LogP contribution in [0, 0.1) is 5.41 Å². The highest BCUT2D eigenvalue weighted by Crippen LogP contribution is 2.44. The summed E-state index contributed by atoms with van der Waals surface area (Å²) in [6.07, 6.45) is 4.69. The maximum absolute atomic E-state index is 11.7. The third-order valence-electron chi connectivity index (χ3n) is 9.16. The van der Waals surface area contributed by atoms with Crippen LogP contribution < -0.4 is 20.1 Å². The third-order valence-corrected chi connectivity index (χ3v) is 12.1. The summed E-state index contributed by atoms with van der Waals surface area (Å²) in [6, 6.07) is 11.4. The number of aromatic nitrogens is 4. The molecular formula is C34H35Cl2N7O5S. The van der Waals surface area contributed by atoms with Gasteiger partial charge in [0, 0.05) is 72.9 Å². The predicted octanol–water partition coefficient (Wildman–Crippen LogP) is 4.19. The van der Waals surface area contributed by atoms with Crippen molar-refractivity contribution in [3.05, 3.63) is 70.2 Å². The number of ether oxygens (including phenoxy) is 2. The smallest absolute Gasteiger partial charge is 0.237 e. The highest BCUT2D eigenvalue weighted by atomic mass is 35.5. The molecule has 2 N–H and O–H groups in total. The SMILES string of the molecule is COc1nc(-c2cccc(-c3cccc(-c4cnc(CN5CC6(C5)CS(=O)(=O)C6)c(OC)n4)c3Cl)c2Cl)cnc1CNC[C@@H]1CCC(=O)N1. The first-order valence-corrected chi connectivity index (χ1v) is 18.5. The van der Waals surface area contributed by atoms with Crippen molar-refractivity contribution in [3.63, 3.8) is 0 Å². The quantitative estimate of drug-likeness (QED) is 0.230.